The summed E-state index contributed by atoms with van der Waals surface area (Å²) in [4.78, 5) is 38.9. The Hall–Kier alpha value is -1.59. The van der Waals surface area contributed by atoms with Crippen LogP contribution in [0.2, 0.25) is 0 Å². The topological polar surface area (TPSA) is 86.7 Å². The molecule has 142 valence electrons. The molecule has 0 radical (unpaired) electrons. The quantitative estimate of drug-likeness (QED) is 0.815. The van der Waals surface area contributed by atoms with Gasteiger partial charge in [-0.3, -0.25) is 9.59 Å². The van der Waals surface area contributed by atoms with Crippen LogP contribution in [0.3, 0.4) is 0 Å². The molecular weight excluding hydrogens is 320 g/mol. The van der Waals surface area contributed by atoms with E-state index in [1.54, 1.807) is 20.8 Å². The first-order valence-electron chi connectivity index (χ1n) is 8.94. The lowest BCUT2D eigenvalue weighted by Gasteiger charge is -2.38. The molecule has 1 saturated heterocycles. The molecule has 1 heterocycles. The highest BCUT2D eigenvalue weighted by Gasteiger charge is 2.70. The highest BCUT2D eigenvalue weighted by atomic mass is 16.4. The maximum absolute atomic E-state index is 13.2. The lowest BCUT2D eigenvalue weighted by atomic mass is 9.84. The van der Waals surface area contributed by atoms with Crippen molar-refractivity contribution in [2.75, 3.05) is 6.54 Å². The summed E-state index contributed by atoms with van der Waals surface area (Å²) in [6, 6.07) is -1.55. The summed E-state index contributed by atoms with van der Waals surface area (Å²) in [7, 11) is 0. The maximum Gasteiger partial charge on any atom is 0.326 e. The van der Waals surface area contributed by atoms with Gasteiger partial charge in [-0.25, -0.2) is 4.79 Å². The Morgan fingerprint density at radius 3 is 2.04 bits per heavy atom. The molecule has 6 heteroatoms. The van der Waals surface area contributed by atoms with Crippen molar-refractivity contribution in [2.24, 2.45) is 28.1 Å². The number of carboxylic acid groups (broad SMARTS) is 1. The van der Waals surface area contributed by atoms with Gasteiger partial charge in [0, 0.05) is 17.9 Å². The van der Waals surface area contributed by atoms with E-state index >= 15 is 0 Å². The fourth-order valence-electron chi connectivity index (χ4n) is 3.96. The van der Waals surface area contributed by atoms with Gasteiger partial charge in [0.05, 0.1) is 0 Å². The van der Waals surface area contributed by atoms with E-state index < -0.39 is 28.9 Å². The lowest BCUT2D eigenvalue weighted by Crippen LogP contribution is -2.59. The highest BCUT2D eigenvalue weighted by molar-refractivity contribution is 5.93. The molecule has 2 N–H and O–H groups in total. The molecule has 0 aromatic heterocycles. The third-order valence-corrected chi connectivity index (χ3v) is 5.81. The van der Waals surface area contributed by atoms with Gasteiger partial charge in [-0.2, -0.15) is 0 Å². The van der Waals surface area contributed by atoms with Crippen LogP contribution in [0, 0.1) is 28.1 Å². The van der Waals surface area contributed by atoms with Crippen molar-refractivity contribution in [3.8, 4) is 0 Å². The van der Waals surface area contributed by atoms with Crippen molar-refractivity contribution in [1.82, 2.24) is 10.2 Å². The zero-order valence-electron chi connectivity index (χ0n) is 16.6. The third-order valence-electron chi connectivity index (χ3n) is 5.81. The van der Waals surface area contributed by atoms with E-state index in [4.69, 9.17) is 0 Å². The first-order chi connectivity index (χ1) is 11.1. The molecule has 1 aliphatic heterocycles. The number of likely N-dealkylation sites (tertiary alicyclic amines) is 1. The average Bonchev–Trinajstić information content (AvgIpc) is 2.82. The lowest BCUT2D eigenvalue weighted by molar-refractivity contribution is -0.153. The summed E-state index contributed by atoms with van der Waals surface area (Å²) in [6.07, 6.45) is 0. The van der Waals surface area contributed by atoms with Crippen LogP contribution >= 0.6 is 0 Å². The van der Waals surface area contributed by atoms with Crippen molar-refractivity contribution in [3.05, 3.63) is 0 Å². The molecule has 4 atom stereocenters. The number of carbonyl (C=O) groups excluding carboxylic acids is 2. The molecule has 2 amide bonds. The zero-order valence-corrected chi connectivity index (χ0v) is 16.6. The standard InChI is InChI=1S/C19H32N2O4/c1-17(2,3)13(20-16(25)18(4,5)6)14(22)21-9-10-11(19(10,7)8)12(21)15(23)24/h10-13H,9H2,1-8H3,(H,20,25)(H,23,24)/t10-,11-,12-,13+/m0/s1. The molecule has 2 aliphatic rings. The zero-order chi connectivity index (χ0) is 19.5. The molecular formula is C19H32N2O4. The molecule has 2 fully saturated rings. The minimum absolute atomic E-state index is 0.00659. The number of nitrogens with zero attached hydrogens (tertiary/aromatic N) is 1. The largest absolute Gasteiger partial charge is 0.480 e. The van der Waals surface area contributed by atoms with Crippen molar-refractivity contribution in [2.45, 2.75) is 67.5 Å². The average molecular weight is 352 g/mol. The smallest absolute Gasteiger partial charge is 0.326 e. The summed E-state index contributed by atoms with van der Waals surface area (Å²) in [6.45, 7) is 15.6. The van der Waals surface area contributed by atoms with Crippen LogP contribution in [0.1, 0.15) is 55.4 Å². The Balaban J connectivity index is 2.26. The SMILES string of the molecule is CC(C)(C)C(=O)N[C@H](C(=O)N1C[C@H]2[C@@H]([C@H]1C(=O)O)C2(C)C)C(C)(C)C. The Morgan fingerprint density at radius 2 is 1.64 bits per heavy atom. The van der Waals surface area contributed by atoms with Gasteiger partial charge in [0.25, 0.3) is 0 Å². The number of fused-ring (bicyclic) bond motifs is 1. The van der Waals surface area contributed by atoms with Gasteiger partial charge in [-0.15, -0.1) is 0 Å². The summed E-state index contributed by atoms with van der Waals surface area (Å²) in [5.41, 5.74) is -1.17. The van der Waals surface area contributed by atoms with E-state index in [1.807, 2.05) is 20.8 Å². The summed E-state index contributed by atoms with van der Waals surface area (Å²) in [5.74, 6) is -1.25. The van der Waals surface area contributed by atoms with E-state index in [0.717, 1.165) is 0 Å². The number of hydrogen-bond acceptors (Lipinski definition) is 3. The van der Waals surface area contributed by atoms with E-state index in [0.29, 0.717) is 6.54 Å². The molecule has 0 aromatic carbocycles. The van der Waals surface area contributed by atoms with Gasteiger partial charge in [0.1, 0.15) is 12.1 Å². The summed E-state index contributed by atoms with van der Waals surface area (Å²) >= 11 is 0. The number of piperidine rings is 1. The fraction of sp³-hybridized carbons (Fsp3) is 0.842. The van der Waals surface area contributed by atoms with Crippen LogP contribution in [0.15, 0.2) is 0 Å². The highest BCUT2D eigenvalue weighted by Crippen LogP contribution is 2.65. The van der Waals surface area contributed by atoms with Gasteiger partial charge in [0.2, 0.25) is 11.8 Å². The van der Waals surface area contributed by atoms with Gasteiger partial charge in [0.15, 0.2) is 0 Å². The first kappa shape index (κ1) is 19.7. The Bertz CT molecular complexity index is 598. The molecule has 0 spiro atoms. The van der Waals surface area contributed by atoms with Crippen molar-refractivity contribution >= 4 is 17.8 Å². The number of rotatable bonds is 3. The second-order valence-electron chi connectivity index (χ2n) is 10.2. The second kappa shape index (κ2) is 5.71. The number of nitrogens with one attached hydrogen (secondary N) is 1. The number of hydrogen-bond donors (Lipinski definition) is 2. The van der Waals surface area contributed by atoms with E-state index in [9.17, 15) is 19.5 Å². The minimum Gasteiger partial charge on any atom is -0.480 e. The third kappa shape index (κ3) is 3.40. The summed E-state index contributed by atoms with van der Waals surface area (Å²) in [5, 5.41) is 12.5. The first-order valence-corrected chi connectivity index (χ1v) is 8.94. The maximum atomic E-state index is 13.2. The van der Waals surface area contributed by atoms with Crippen molar-refractivity contribution < 1.29 is 19.5 Å². The van der Waals surface area contributed by atoms with E-state index in [-0.39, 0.29) is 29.1 Å². The molecule has 0 unspecified atom stereocenters. The molecule has 1 saturated carbocycles. The van der Waals surface area contributed by atoms with Crippen LogP contribution < -0.4 is 5.32 Å². The molecule has 0 aromatic rings. The second-order valence-corrected chi connectivity index (χ2v) is 10.2. The van der Waals surface area contributed by atoms with Crippen LogP contribution in [0.25, 0.3) is 0 Å². The van der Waals surface area contributed by atoms with Gasteiger partial charge < -0.3 is 15.3 Å². The number of carbonyl (C=O) groups is 3. The van der Waals surface area contributed by atoms with Gasteiger partial charge in [-0.05, 0) is 16.7 Å². The Morgan fingerprint density at radius 1 is 1.12 bits per heavy atom. The molecule has 0 bridgehead atoms. The Kier molecular flexibility index (Phi) is 4.51. The van der Waals surface area contributed by atoms with Crippen molar-refractivity contribution in [1.29, 1.82) is 0 Å². The number of aliphatic carboxylic acids is 1. The van der Waals surface area contributed by atoms with E-state index in [1.165, 1.54) is 4.90 Å². The molecule has 1 aliphatic carbocycles. The van der Waals surface area contributed by atoms with Crippen LogP contribution in [-0.4, -0.2) is 46.4 Å². The number of carboxylic acids is 1. The fourth-order valence-corrected chi connectivity index (χ4v) is 3.96. The van der Waals surface area contributed by atoms with Gasteiger partial charge in [-0.1, -0.05) is 55.4 Å². The van der Waals surface area contributed by atoms with Crippen LogP contribution in [0.4, 0.5) is 0 Å². The van der Waals surface area contributed by atoms with Gasteiger partial charge >= 0.3 is 5.97 Å². The Labute approximate surface area is 150 Å². The van der Waals surface area contributed by atoms with Crippen molar-refractivity contribution in [3.63, 3.8) is 0 Å². The minimum atomic E-state index is -0.957. The monoisotopic (exact) mass is 352 g/mol. The number of amides is 2. The summed E-state index contributed by atoms with van der Waals surface area (Å²) < 4.78 is 0. The van der Waals surface area contributed by atoms with E-state index in [2.05, 4.69) is 19.2 Å². The van der Waals surface area contributed by atoms with Crippen LogP contribution in [0.5, 0.6) is 0 Å². The predicted octanol–water partition coefficient (Wildman–Crippen LogP) is 2.13. The molecule has 25 heavy (non-hydrogen) atoms. The molecule has 6 nitrogen and oxygen atoms in total. The molecule has 2 rings (SSSR count). The normalized spacial score (nSPS) is 29.0. The predicted molar refractivity (Wildman–Crippen MR) is 94.7 cm³/mol. The van der Waals surface area contributed by atoms with Crippen LogP contribution in [-0.2, 0) is 14.4 Å².